The predicted molar refractivity (Wildman–Crippen MR) is 129 cm³/mol. The molecule has 1 aliphatic carbocycles. The number of carbonyl (C=O) groups is 1. The average molecular weight is 431 g/mol. The lowest BCUT2D eigenvalue weighted by Crippen LogP contribution is -2.28. The summed E-state index contributed by atoms with van der Waals surface area (Å²) in [5, 5.41) is 3.21. The van der Waals surface area contributed by atoms with Crippen LogP contribution < -0.4 is 5.32 Å². The number of rotatable bonds is 8. The fourth-order valence-corrected chi connectivity index (χ4v) is 4.47. The van der Waals surface area contributed by atoms with E-state index in [0.29, 0.717) is 24.7 Å². The van der Waals surface area contributed by atoms with Gasteiger partial charge in [-0.25, -0.2) is 4.98 Å². The predicted octanol–water partition coefficient (Wildman–Crippen LogP) is 6.54. The van der Waals surface area contributed by atoms with Crippen LogP contribution in [0, 0.1) is 0 Å². The zero-order valence-electron chi connectivity index (χ0n) is 19.5. The molecule has 0 fully saturated rings. The lowest BCUT2D eigenvalue weighted by atomic mass is 9.89. The minimum atomic E-state index is 0.0376. The van der Waals surface area contributed by atoms with Crippen LogP contribution in [-0.2, 0) is 24.1 Å². The number of oxazole rings is 1. The molecule has 1 aromatic heterocycles. The SMILES string of the molecule is CCC(NC(=O)CCc1ncc(-c2ccc(C(C)C)cc2)o1)c1ccc2c(c1)CCCC2. The van der Waals surface area contributed by atoms with Crippen LogP contribution in [0.25, 0.3) is 11.3 Å². The van der Waals surface area contributed by atoms with Gasteiger partial charge in [-0.2, -0.15) is 0 Å². The monoisotopic (exact) mass is 430 g/mol. The van der Waals surface area contributed by atoms with E-state index < -0.39 is 0 Å². The van der Waals surface area contributed by atoms with E-state index in [-0.39, 0.29) is 11.9 Å². The number of amides is 1. The van der Waals surface area contributed by atoms with Gasteiger partial charge in [-0.3, -0.25) is 4.79 Å². The Hall–Kier alpha value is -2.88. The van der Waals surface area contributed by atoms with E-state index in [1.54, 1.807) is 6.20 Å². The van der Waals surface area contributed by atoms with E-state index in [1.165, 1.54) is 41.5 Å². The Bertz CT molecular complexity index is 1050. The number of aromatic nitrogens is 1. The molecule has 168 valence electrons. The van der Waals surface area contributed by atoms with Crippen LogP contribution in [0.3, 0.4) is 0 Å². The summed E-state index contributed by atoms with van der Waals surface area (Å²) in [5.41, 5.74) is 6.45. The van der Waals surface area contributed by atoms with Crippen molar-refractivity contribution in [3.8, 4) is 11.3 Å². The van der Waals surface area contributed by atoms with Gasteiger partial charge in [0, 0.05) is 18.4 Å². The number of nitrogens with one attached hydrogen (secondary N) is 1. The van der Waals surface area contributed by atoms with E-state index in [0.717, 1.165) is 24.2 Å². The highest BCUT2D eigenvalue weighted by molar-refractivity contribution is 5.76. The van der Waals surface area contributed by atoms with Gasteiger partial charge in [-0.05, 0) is 60.3 Å². The third-order valence-corrected chi connectivity index (χ3v) is 6.50. The molecule has 0 bridgehead atoms. The van der Waals surface area contributed by atoms with Crippen molar-refractivity contribution in [2.75, 3.05) is 0 Å². The Morgan fingerprint density at radius 2 is 1.75 bits per heavy atom. The molecular weight excluding hydrogens is 396 g/mol. The third-order valence-electron chi connectivity index (χ3n) is 6.50. The third kappa shape index (κ3) is 5.29. The Morgan fingerprint density at radius 1 is 1.03 bits per heavy atom. The highest BCUT2D eigenvalue weighted by Crippen LogP contribution is 2.27. The van der Waals surface area contributed by atoms with Gasteiger partial charge < -0.3 is 9.73 Å². The second-order valence-electron chi connectivity index (χ2n) is 9.16. The van der Waals surface area contributed by atoms with Crippen LogP contribution in [-0.4, -0.2) is 10.9 Å². The second kappa shape index (κ2) is 10.2. The van der Waals surface area contributed by atoms with Crippen LogP contribution in [0.4, 0.5) is 0 Å². The molecule has 0 spiro atoms. The van der Waals surface area contributed by atoms with Gasteiger partial charge in [0.2, 0.25) is 5.91 Å². The molecular formula is C28H34N2O2. The molecule has 0 aliphatic heterocycles. The zero-order valence-corrected chi connectivity index (χ0v) is 19.5. The molecule has 2 aromatic carbocycles. The average Bonchev–Trinajstić information content (AvgIpc) is 3.30. The molecule has 4 rings (SSSR count). The quantitative estimate of drug-likeness (QED) is 0.441. The molecule has 1 heterocycles. The van der Waals surface area contributed by atoms with E-state index in [4.69, 9.17) is 4.42 Å². The minimum Gasteiger partial charge on any atom is -0.441 e. The Kier molecular flexibility index (Phi) is 7.09. The van der Waals surface area contributed by atoms with E-state index in [1.807, 2.05) is 0 Å². The number of fused-ring (bicyclic) bond motifs is 1. The Morgan fingerprint density at radius 3 is 2.47 bits per heavy atom. The van der Waals surface area contributed by atoms with Gasteiger partial charge in [0.25, 0.3) is 0 Å². The lowest BCUT2D eigenvalue weighted by molar-refractivity contribution is -0.121. The highest BCUT2D eigenvalue weighted by atomic mass is 16.4. The number of hydrogen-bond acceptors (Lipinski definition) is 3. The summed E-state index contributed by atoms with van der Waals surface area (Å²) in [6.45, 7) is 6.48. The van der Waals surface area contributed by atoms with Gasteiger partial charge in [-0.1, -0.05) is 63.2 Å². The molecule has 0 saturated heterocycles. The number of benzene rings is 2. The first-order valence-electron chi connectivity index (χ1n) is 12.0. The van der Waals surface area contributed by atoms with Crippen LogP contribution in [0.1, 0.15) is 86.6 Å². The number of nitrogens with zero attached hydrogens (tertiary/aromatic N) is 1. The van der Waals surface area contributed by atoms with Crippen molar-refractivity contribution in [2.45, 2.75) is 77.7 Å². The summed E-state index contributed by atoms with van der Waals surface area (Å²) >= 11 is 0. The van der Waals surface area contributed by atoms with Gasteiger partial charge >= 0.3 is 0 Å². The normalized spacial score (nSPS) is 14.2. The van der Waals surface area contributed by atoms with E-state index >= 15 is 0 Å². The molecule has 4 nitrogen and oxygen atoms in total. The molecule has 0 saturated carbocycles. The Balaban J connectivity index is 1.33. The standard InChI is InChI=1S/C28H34N2O2/c1-4-25(24-14-11-21-7-5-6-8-23(21)17-24)30-27(31)15-16-28-29-18-26(32-28)22-12-9-20(10-13-22)19(2)3/h9-14,17-19,25H,4-8,15-16H2,1-3H3,(H,30,31). The number of aryl methyl sites for hydroxylation is 3. The van der Waals surface area contributed by atoms with Crippen LogP contribution in [0.5, 0.6) is 0 Å². The zero-order chi connectivity index (χ0) is 22.5. The number of carbonyl (C=O) groups excluding carboxylic acids is 1. The largest absolute Gasteiger partial charge is 0.441 e. The van der Waals surface area contributed by atoms with Gasteiger partial charge in [0.05, 0.1) is 12.2 Å². The lowest BCUT2D eigenvalue weighted by Gasteiger charge is -2.21. The molecule has 32 heavy (non-hydrogen) atoms. The van der Waals surface area contributed by atoms with Crippen molar-refractivity contribution >= 4 is 5.91 Å². The van der Waals surface area contributed by atoms with E-state index in [9.17, 15) is 4.79 Å². The molecule has 3 aromatic rings. The van der Waals surface area contributed by atoms with E-state index in [2.05, 4.69) is 73.5 Å². The molecule has 1 N–H and O–H groups in total. The molecule has 1 amide bonds. The summed E-state index contributed by atoms with van der Waals surface area (Å²) in [4.78, 5) is 17.0. The maximum absolute atomic E-state index is 12.6. The summed E-state index contributed by atoms with van der Waals surface area (Å²) in [7, 11) is 0. The summed E-state index contributed by atoms with van der Waals surface area (Å²) in [5.74, 6) is 1.89. The first-order chi connectivity index (χ1) is 15.5. The maximum Gasteiger partial charge on any atom is 0.220 e. The second-order valence-corrected chi connectivity index (χ2v) is 9.16. The first-order valence-corrected chi connectivity index (χ1v) is 12.0. The maximum atomic E-state index is 12.6. The molecule has 0 radical (unpaired) electrons. The molecule has 1 aliphatic rings. The fraction of sp³-hybridized carbons (Fsp3) is 0.429. The van der Waals surface area contributed by atoms with Crippen LogP contribution >= 0.6 is 0 Å². The van der Waals surface area contributed by atoms with Gasteiger partial charge in [-0.15, -0.1) is 0 Å². The van der Waals surface area contributed by atoms with Crippen molar-refractivity contribution in [2.24, 2.45) is 0 Å². The molecule has 4 heteroatoms. The van der Waals surface area contributed by atoms with Crippen LogP contribution in [0.15, 0.2) is 53.1 Å². The van der Waals surface area contributed by atoms with Crippen molar-refractivity contribution < 1.29 is 9.21 Å². The van der Waals surface area contributed by atoms with Gasteiger partial charge in [0.15, 0.2) is 11.7 Å². The van der Waals surface area contributed by atoms with Crippen molar-refractivity contribution in [1.29, 1.82) is 0 Å². The summed E-state index contributed by atoms with van der Waals surface area (Å²) in [6.07, 6.45) is 8.37. The van der Waals surface area contributed by atoms with Gasteiger partial charge in [0.1, 0.15) is 0 Å². The summed E-state index contributed by atoms with van der Waals surface area (Å²) < 4.78 is 5.91. The van der Waals surface area contributed by atoms with Crippen molar-refractivity contribution in [3.63, 3.8) is 0 Å². The topological polar surface area (TPSA) is 55.1 Å². The van der Waals surface area contributed by atoms with Crippen molar-refractivity contribution in [1.82, 2.24) is 10.3 Å². The Labute approximate surface area is 191 Å². The number of hydrogen-bond donors (Lipinski definition) is 1. The fourth-order valence-electron chi connectivity index (χ4n) is 4.47. The summed E-state index contributed by atoms with van der Waals surface area (Å²) in [6, 6.07) is 15.2. The highest BCUT2D eigenvalue weighted by Gasteiger charge is 2.17. The smallest absolute Gasteiger partial charge is 0.220 e. The van der Waals surface area contributed by atoms with Crippen molar-refractivity contribution in [3.05, 3.63) is 76.8 Å². The molecule has 1 atom stereocenters. The van der Waals surface area contributed by atoms with Crippen LogP contribution in [0.2, 0.25) is 0 Å². The minimum absolute atomic E-state index is 0.0376. The first kappa shape index (κ1) is 22.3. The molecule has 1 unspecified atom stereocenters.